The summed E-state index contributed by atoms with van der Waals surface area (Å²) >= 11 is 0. The van der Waals surface area contributed by atoms with Gasteiger partial charge in [0, 0.05) is 31.9 Å². The lowest BCUT2D eigenvalue weighted by Crippen LogP contribution is -2.36. The molecule has 6 nitrogen and oxygen atoms in total. The Morgan fingerprint density at radius 1 is 1.35 bits per heavy atom. The van der Waals surface area contributed by atoms with E-state index >= 15 is 0 Å². The lowest BCUT2D eigenvalue weighted by Gasteiger charge is -2.31. The van der Waals surface area contributed by atoms with E-state index in [1.807, 2.05) is 18.2 Å². The SMILES string of the molecule is CC(C)CN(CC(C)C(=O)O)c1ccc2c(c1)OCC(=O)N2C. The third-order valence-corrected chi connectivity index (χ3v) is 3.90. The summed E-state index contributed by atoms with van der Waals surface area (Å²) in [5, 5.41) is 9.17. The van der Waals surface area contributed by atoms with Crippen LogP contribution in [0.2, 0.25) is 0 Å². The standard InChI is InChI=1S/C17H24N2O4/c1-11(2)8-19(9-12(3)17(21)22)13-5-6-14-15(7-13)23-10-16(20)18(14)4/h5-7,11-12H,8-10H2,1-4H3,(H,21,22). The molecular weight excluding hydrogens is 296 g/mol. The fourth-order valence-corrected chi connectivity index (χ4v) is 2.60. The Balaban J connectivity index is 2.28. The molecule has 1 aliphatic rings. The van der Waals surface area contributed by atoms with Gasteiger partial charge in [-0.1, -0.05) is 20.8 Å². The van der Waals surface area contributed by atoms with Crippen LogP contribution in [0.25, 0.3) is 0 Å². The Kier molecular flexibility index (Phi) is 5.13. The molecule has 1 heterocycles. The number of hydrogen-bond donors (Lipinski definition) is 1. The Hall–Kier alpha value is -2.24. The van der Waals surface area contributed by atoms with Gasteiger partial charge >= 0.3 is 5.97 Å². The number of rotatable bonds is 6. The number of carboxylic acids is 1. The molecule has 0 radical (unpaired) electrons. The van der Waals surface area contributed by atoms with Crippen LogP contribution in [-0.2, 0) is 9.59 Å². The number of carbonyl (C=O) groups excluding carboxylic acids is 1. The second kappa shape index (κ2) is 6.89. The molecule has 6 heteroatoms. The van der Waals surface area contributed by atoms with Gasteiger partial charge in [0.15, 0.2) is 6.61 Å². The summed E-state index contributed by atoms with van der Waals surface area (Å²) in [5.74, 6) is -0.296. The minimum Gasteiger partial charge on any atom is -0.481 e. The lowest BCUT2D eigenvalue weighted by molar-refractivity contribution is -0.140. The van der Waals surface area contributed by atoms with Crippen molar-refractivity contribution in [3.05, 3.63) is 18.2 Å². The maximum Gasteiger partial charge on any atom is 0.308 e. The van der Waals surface area contributed by atoms with E-state index in [1.54, 1.807) is 18.9 Å². The zero-order chi connectivity index (χ0) is 17.1. The number of likely N-dealkylation sites (N-methyl/N-ethyl adjacent to an activating group) is 1. The van der Waals surface area contributed by atoms with Gasteiger partial charge in [-0.3, -0.25) is 9.59 Å². The van der Waals surface area contributed by atoms with Crippen LogP contribution in [0.1, 0.15) is 20.8 Å². The van der Waals surface area contributed by atoms with Crippen LogP contribution in [0.3, 0.4) is 0 Å². The molecule has 0 saturated carbocycles. The molecule has 0 fully saturated rings. The summed E-state index contributed by atoms with van der Waals surface area (Å²) in [7, 11) is 1.72. The number of amides is 1. The molecule has 0 aromatic heterocycles. The Morgan fingerprint density at radius 2 is 2.04 bits per heavy atom. The zero-order valence-corrected chi connectivity index (χ0v) is 14.1. The molecular formula is C17H24N2O4. The Morgan fingerprint density at radius 3 is 2.65 bits per heavy atom. The second-order valence-corrected chi connectivity index (χ2v) is 6.43. The highest BCUT2D eigenvalue weighted by molar-refractivity contribution is 5.97. The molecule has 0 aliphatic carbocycles. The molecule has 1 amide bonds. The van der Waals surface area contributed by atoms with Crippen LogP contribution in [0.4, 0.5) is 11.4 Å². The molecule has 126 valence electrons. The Bertz CT molecular complexity index is 600. The van der Waals surface area contributed by atoms with Gasteiger partial charge in [0.05, 0.1) is 11.6 Å². The van der Waals surface area contributed by atoms with Crippen LogP contribution in [0.5, 0.6) is 5.75 Å². The smallest absolute Gasteiger partial charge is 0.308 e. The molecule has 1 unspecified atom stereocenters. The minimum absolute atomic E-state index is 0.0304. The predicted molar refractivity (Wildman–Crippen MR) is 89.2 cm³/mol. The molecule has 1 aromatic carbocycles. The van der Waals surface area contributed by atoms with Gasteiger partial charge in [-0.05, 0) is 18.1 Å². The number of anilines is 2. The summed E-state index contributed by atoms with van der Waals surface area (Å²) < 4.78 is 5.52. The quantitative estimate of drug-likeness (QED) is 0.870. The monoisotopic (exact) mass is 320 g/mol. The average molecular weight is 320 g/mol. The highest BCUT2D eigenvalue weighted by Crippen LogP contribution is 2.35. The number of fused-ring (bicyclic) bond motifs is 1. The number of ether oxygens (including phenoxy) is 1. The summed E-state index contributed by atoms with van der Waals surface area (Å²) in [6, 6.07) is 5.64. The van der Waals surface area contributed by atoms with Gasteiger partial charge in [0.25, 0.3) is 5.91 Å². The second-order valence-electron chi connectivity index (χ2n) is 6.43. The van der Waals surface area contributed by atoms with Gasteiger partial charge in [0.1, 0.15) is 5.75 Å². The molecule has 1 aliphatic heterocycles. The van der Waals surface area contributed by atoms with Crippen molar-refractivity contribution in [3.63, 3.8) is 0 Å². The highest BCUT2D eigenvalue weighted by Gasteiger charge is 2.24. The summed E-state index contributed by atoms with van der Waals surface area (Å²) in [5.41, 5.74) is 1.65. The van der Waals surface area contributed by atoms with E-state index in [4.69, 9.17) is 4.74 Å². The topological polar surface area (TPSA) is 70.1 Å². The maximum absolute atomic E-state index is 11.7. The van der Waals surface area contributed by atoms with Gasteiger partial charge in [-0.15, -0.1) is 0 Å². The summed E-state index contributed by atoms with van der Waals surface area (Å²) in [6.45, 7) is 7.12. The molecule has 1 aromatic rings. The zero-order valence-electron chi connectivity index (χ0n) is 14.1. The normalized spacial score (nSPS) is 15.2. The largest absolute Gasteiger partial charge is 0.481 e. The third-order valence-electron chi connectivity index (χ3n) is 3.90. The number of carbonyl (C=O) groups is 2. The van der Waals surface area contributed by atoms with E-state index in [0.717, 1.165) is 17.9 Å². The molecule has 0 saturated heterocycles. The molecule has 0 bridgehead atoms. The molecule has 1 atom stereocenters. The van der Waals surface area contributed by atoms with Crippen molar-refractivity contribution in [1.29, 1.82) is 0 Å². The van der Waals surface area contributed by atoms with E-state index in [-0.39, 0.29) is 12.5 Å². The van der Waals surface area contributed by atoms with Crippen molar-refractivity contribution in [3.8, 4) is 5.75 Å². The van der Waals surface area contributed by atoms with Crippen molar-refractivity contribution in [2.24, 2.45) is 11.8 Å². The van der Waals surface area contributed by atoms with Gasteiger partial charge < -0.3 is 19.6 Å². The average Bonchev–Trinajstić information content (AvgIpc) is 2.49. The number of nitrogens with zero attached hydrogens (tertiary/aromatic N) is 2. The predicted octanol–water partition coefficient (Wildman–Crippen LogP) is 2.22. The first kappa shape index (κ1) is 17.1. The van der Waals surface area contributed by atoms with Crippen molar-refractivity contribution in [2.75, 3.05) is 36.5 Å². The van der Waals surface area contributed by atoms with Gasteiger partial charge in [0.2, 0.25) is 0 Å². The summed E-state index contributed by atoms with van der Waals surface area (Å²) in [6.07, 6.45) is 0. The highest BCUT2D eigenvalue weighted by atomic mass is 16.5. The number of benzene rings is 1. The summed E-state index contributed by atoms with van der Waals surface area (Å²) in [4.78, 5) is 26.5. The first-order chi connectivity index (χ1) is 10.8. The van der Waals surface area contributed by atoms with E-state index in [1.165, 1.54) is 0 Å². The number of aliphatic carboxylic acids is 1. The first-order valence-corrected chi connectivity index (χ1v) is 7.80. The molecule has 0 spiro atoms. The lowest BCUT2D eigenvalue weighted by atomic mass is 10.1. The first-order valence-electron chi connectivity index (χ1n) is 7.80. The fourth-order valence-electron chi connectivity index (χ4n) is 2.60. The van der Waals surface area contributed by atoms with Crippen molar-refractivity contribution in [1.82, 2.24) is 0 Å². The molecule has 23 heavy (non-hydrogen) atoms. The van der Waals surface area contributed by atoms with E-state index in [2.05, 4.69) is 18.7 Å². The third kappa shape index (κ3) is 3.94. The van der Waals surface area contributed by atoms with Crippen LogP contribution in [0, 0.1) is 11.8 Å². The van der Waals surface area contributed by atoms with Crippen molar-refractivity contribution >= 4 is 23.3 Å². The maximum atomic E-state index is 11.7. The van der Waals surface area contributed by atoms with Crippen molar-refractivity contribution in [2.45, 2.75) is 20.8 Å². The van der Waals surface area contributed by atoms with E-state index in [9.17, 15) is 14.7 Å². The van der Waals surface area contributed by atoms with Crippen LogP contribution in [0.15, 0.2) is 18.2 Å². The van der Waals surface area contributed by atoms with Crippen LogP contribution in [-0.4, -0.2) is 43.7 Å². The van der Waals surface area contributed by atoms with Crippen LogP contribution >= 0.6 is 0 Å². The Labute approximate surface area is 136 Å². The van der Waals surface area contributed by atoms with E-state index < -0.39 is 11.9 Å². The van der Waals surface area contributed by atoms with Gasteiger partial charge in [-0.25, -0.2) is 0 Å². The van der Waals surface area contributed by atoms with Gasteiger partial charge in [-0.2, -0.15) is 0 Å². The molecule has 2 rings (SSSR count). The van der Waals surface area contributed by atoms with E-state index in [0.29, 0.717) is 18.2 Å². The van der Waals surface area contributed by atoms with Crippen LogP contribution < -0.4 is 14.5 Å². The molecule has 1 N–H and O–H groups in total. The van der Waals surface area contributed by atoms with Crippen molar-refractivity contribution < 1.29 is 19.4 Å². The minimum atomic E-state index is -0.807. The number of hydrogen-bond acceptors (Lipinski definition) is 4. The number of carboxylic acid groups (broad SMARTS) is 1. The fraction of sp³-hybridized carbons (Fsp3) is 0.529.